The van der Waals surface area contributed by atoms with Crippen LogP contribution < -0.4 is 10.1 Å². The van der Waals surface area contributed by atoms with Crippen molar-refractivity contribution in [1.29, 1.82) is 0 Å². The molecule has 2 rings (SSSR count). The van der Waals surface area contributed by atoms with Gasteiger partial charge in [-0.15, -0.1) is 11.8 Å². The lowest BCUT2D eigenvalue weighted by Crippen LogP contribution is -2.49. The molecule has 1 aromatic rings. The molecule has 0 radical (unpaired) electrons. The van der Waals surface area contributed by atoms with E-state index in [-0.39, 0.29) is 11.9 Å². The Bertz CT molecular complexity index is 464. The first kappa shape index (κ1) is 16.2. The smallest absolute Gasteiger partial charge is 0.261 e. The Labute approximate surface area is 131 Å². The number of hydrogen-bond donors (Lipinski definition) is 1. The van der Waals surface area contributed by atoms with Crippen molar-refractivity contribution in [2.75, 3.05) is 26.4 Å². The second-order valence-electron chi connectivity index (χ2n) is 5.55. The summed E-state index contributed by atoms with van der Waals surface area (Å²) in [6.07, 6.45) is 3.74. The summed E-state index contributed by atoms with van der Waals surface area (Å²) in [6.45, 7) is 3.82. The van der Waals surface area contributed by atoms with Crippen LogP contribution in [0.4, 0.5) is 0 Å². The zero-order valence-electron chi connectivity index (χ0n) is 13.0. The molecule has 1 fully saturated rings. The SMILES string of the molecule is CSc1ccc(OC(C)C(=O)NC2CCCN(C)C2)cc1. The van der Waals surface area contributed by atoms with E-state index in [0.717, 1.165) is 31.7 Å². The normalized spacial score (nSPS) is 20.8. The fourth-order valence-electron chi connectivity index (χ4n) is 2.51. The molecule has 1 heterocycles. The summed E-state index contributed by atoms with van der Waals surface area (Å²) in [4.78, 5) is 15.6. The zero-order chi connectivity index (χ0) is 15.2. The number of likely N-dealkylation sites (tertiary alicyclic amines) is 1. The molecule has 2 atom stereocenters. The summed E-state index contributed by atoms with van der Waals surface area (Å²) >= 11 is 1.69. The van der Waals surface area contributed by atoms with E-state index < -0.39 is 6.10 Å². The zero-order valence-corrected chi connectivity index (χ0v) is 13.8. The third-order valence-corrected chi connectivity index (χ3v) is 4.46. The van der Waals surface area contributed by atoms with Crippen molar-refractivity contribution in [3.8, 4) is 5.75 Å². The number of thioether (sulfide) groups is 1. The molecule has 1 aliphatic rings. The van der Waals surface area contributed by atoms with Gasteiger partial charge < -0.3 is 15.0 Å². The Morgan fingerprint density at radius 1 is 1.43 bits per heavy atom. The van der Waals surface area contributed by atoms with Gasteiger partial charge in [0.05, 0.1) is 0 Å². The predicted octanol–water partition coefficient (Wildman–Crippen LogP) is 2.39. The number of carbonyl (C=O) groups excluding carboxylic acids is 1. The molecule has 0 bridgehead atoms. The average molecular weight is 308 g/mol. The van der Waals surface area contributed by atoms with Crippen molar-refractivity contribution < 1.29 is 9.53 Å². The fourth-order valence-corrected chi connectivity index (χ4v) is 2.92. The van der Waals surface area contributed by atoms with Gasteiger partial charge in [-0.25, -0.2) is 0 Å². The maximum Gasteiger partial charge on any atom is 0.261 e. The van der Waals surface area contributed by atoms with Gasteiger partial charge in [-0.3, -0.25) is 4.79 Å². The first-order chi connectivity index (χ1) is 10.1. The number of amides is 1. The molecule has 0 saturated carbocycles. The van der Waals surface area contributed by atoms with Crippen LogP contribution in [0.2, 0.25) is 0 Å². The lowest BCUT2D eigenvalue weighted by atomic mass is 10.1. The van der Waals surface area contributed by atoms with Crippen LogP contribution in [0.15, 0.2) is 29.2 Å². The van der Waals surface area contributed by atoms with Crippen LogP contribution >= 0.6 is 11.8 Å². The van der Waals surface area contributed by atoms with Crippen molar-refractivity contribution in [3.05, 3.63) is 24.3 Å². The molecule has 0 spiro atoms. The van der Waals surface area contributed by atoms with Crippen LogP contribution in [0.3, 0.4) is 0 Å². The quantitative estimate of drug-likeness (QED) is 0.848. The van der Waals surface area contributed by atoms with Crippen molar-refractivity contribution in [2.45, 2.75) is 36.8 Å². The molecule has 5 heteroatoms. The Morgan fingerprint density at radius 3 is 2.76 bits per heavy atom. The number of piperidine rings is 1. The van der Waals surface area contributed by atoms with E-state index in [1.807, 2.05) is 30.5 Å². The van der Waals surface area contributed by atoms with Crippen LogP contribution in [0.1, 0.15) is 19.8 Å². The topological polar surface area (TPSA) is 41.6 Å². The van der Waals surface area contributed by atoms with Crippen molar-refractivity contribution in [3.63, 3.8) is 0 Å². The number of nitrogens with zero attached hydrogens (tertiary/aromatic N) is 1. The third kappa shape index (κ3) is 4.93. The molecule has 4 nitrogen and oxygen atoms in total. The van der Waals surface area contributed by atoms with Crippen LogP contribution in [-0.2, 0) is 4.79 Å². The Balaban J connectivity index is 1.83. The van der Waals surface area contributed by atoms with Crippen molar-refractivity contribution >= 4 is 17.7 Å². The Kier molecular flexibility index (Phi) is 5.94. The molecule has 1 aromatic carbocycles. The van der Waals surface area contributed by atoms with Gasteiger partial charge in [0.1, 0.15) is 5.75 Å². The summed E-state index contributed by atoms with van der Waals surface area (Å²) in [5.41, 5.74) is 0. The second-order valence-corrected chi connectivity index (χ2v) is 6.43. The maximum absolute atomic E-state index is 12.2. The highest BCUT2D eigenvalue weighted by atomic mass is 32.2. The van der Waals surface area contributed by atoms with E-state index in [1.54, 1.807) is 18.7 Å². The molecule has 1 N–H and O–H groups in total. The van der Waals surface area contributed by atoms with E-state index in [2.05, 4.69) is 17.3 Å². The summed E-state index contributed by atoms with van der Waals surface area (Å²) in [5, 5.41) is 3.08. The molecule has 1 aliphatic heterocycles. The van der Waals surface area contributed by atoms with Gasteiger partial charge in [-0.05, 0) is 63.9 Å². The number of benzene rings is 1. The summed E-state index contributed by atoms with van der Waals surface area (Å²) in [7, 11) is 2.09. The van der Waals surface area contributed by atoms with Crippen molar-refractivity contribution in [1.82, 2.24) is 10.2 Å². The maximum atomic E-state index is 12.2. The second kappa shape index (κ2) is 7.71. The van der Waals surface area contributed by atoms with E-state index in [9.17, 15) is 4.79 Å². The summed E-state index contributed by atoms with van der Waals surface area (Å²) in [5.74, 6) is 0.695. The van der Waals surface area contributed by atoms with Gasteiger partial charge >= 0.3 is 0 Å². The number of carbonyl (C=O) groups is 1. The molecular weight excluding hydrogens is 284 g/mol. The van der Waals surface area contributed by atoms with E-state index in [0.29, 0.717) is 0 Å². The van der Waals surface area contributed by atoms with Crippen LogP contribution in [0, 0.1) is 0 Å². The highest BCUT2D eigenvalue weighted by Gasteiger charge is 2.22. The van der Waals surface area contributed by atoms with Gasteiger partial charge in [-0.2, -0.15) is 0 Å². The Hall–Kier alpha value is -1.20. The van der Waals surface area contributed by atoms with Gasteiger partial charge in [-0.1, -0.05) is 0 Å². The number of nitrogens with one attached hydrogen (secondary N) is 1. The number of likely N-dealkylation sites (N-methyl/N-ethyl adjacent to an activating group) is 1. The van der Waals surface area contributed by atoms with Crippen LogP contribution in [0.5, 0.6) is 5.75 Å². The first-order valence-corrected chi connectivity index (χ1v) is 8.60. The highest BCUT2D eigenvalue weighted by molar-refractivity contribution is 7.98. The molecule has 21 heavy (non-hydrogen) atoms. The molecule has 1 saturated heterocycles. The van der Waals surface area contributed by atoms with E-state index in [4.69, 9.17) is 4.74 Å². The van der Waals surface area contributed by atoms with Gasteiger partial charge in [0.15, 0.2) is 6.10 Å². The monoisotopic (exact) mass is 308 g/mol. The number of rotatable bonds is 5. The minimum Gasteiger partial charge on any atom is -0.481 e. The summed E-state index contributed by atoms with van der Waals surface area (Å²) < 4.78 is 5.71. The van der Waals surface area contributed by atoms with Gasteiger partial charge in [0.2, 0.25) is 0 Å². The van der Waals surface area contributed by atoms with Crippen LogP contribution in [-0.4, -0.2) is 49.3 Å². The lowest BCUT2D eigenvalue weighted by Gasteiger charge is -2.30. The number of hydrogen-bond acceptors (Lipinski definition) is 4. The predicted molar refractivity (Wildman–Crippen MR) is 87.0 cm³/mol. The first-order valence-electron chi connectivity index (χ1n) is 7.38. The van der Waals surface area contributed by atoms with Gasteiger partial charge in [0, 0.05) is 17.5 Å². The molecule has 2 unspecified atom stereocenters. The standard InChI is InChI=1S/C16H24N2O2S/c1-12(20-14-6-8-15(21-3)9-7-14)16(19)17-13-5-4-10-18(2)11-13/h6-9,12-13H,4-5,10-11H2,1-3H3,(H,17,19). The molecular formula is C16H24N2O2S. The van der Waals surface area contributed by atoms with Gasteiger partial charge in [0.25, 0.3) is 5.91 Å². The molecule has 0 aromatic heterocycles. The lowest BCUT2D eigenvalue weighted by molar-refractivity contribution is -0.128. The fraction of sp³-hybridized carbons (Fsp3) is 0.562. The molecule has 116 valence electrons. The minimum absolute atomic E-state index is 0.0377. The molecule has 1 amide bonds. The Morgan fingerprint density at radius 2 is 2.14 bits per heavy atom. The van der Waals surface area contributed by atoms with Crippen LogP contribution in [0.25, 0.3) is 0 Å². The number of ether oxygens (including phenoxy) is 1. The summed E-state index contributed by atoms with van der Waals surface area (Å²) in [6, 6.07) is 8.05. The minimum atomic E-state index is -0.475. The highest BCUT2D eigenvalue weighted by Crippen LogP contribution is 2.20. The largest absolute Gasteiger partial charge is 0.481 e. The molecule has 0 aliphatic carbocycles. The van der Waals surface area contributed by atoms with E-state index >= 15 is 0 Å². The van der Waals surface area contributed by atoms with Crippen molar-refractivity contribution in [2.24, 2.45) is 0 Å². The average Bonchev–Trinajstić information content (AvgIpc) is 2.48. The van der Waals surface area contributed by atoms with E-state index in [1.165, 1.54) is 4.90 Å². The third-order valence-electron chi connectivity index (χ3n) is 3.71.